The van der Waals surface area contributed by atoms with Crippen LogP contribution in [0.1, 0.15) is 65.7 Å². The quantitative estimate of drug-likeness (QED) is 0.649. The summed E-state index contributed by atoms with van der Waals surface area (Å²) in [6.07, 6.45) is 8.46. The largest absolute Gasteiger partial charge is 0.198 e. The average molecular weight is 207 g/mol. The van der Waals surface area contributed by atoms with Crippen LogP contribution in [0.25, 0.3) is 0 Å². The van der Waals surface area contributed by atoms with E-state index in [4.69, 9.17) is 0 Å². The second-order valence-corrected chi connectivity index (χ2v) is 5.30. The maximum Gasteiger partial charge on any atom is 0.0689 e. The number of hydrogen-bond donors (Lipinski definition) is 0. The van der Waals surface area contributed by atoms with Gasteiger partial charge in [0.05, 0.1) is 11.5 Å². The highest BCUT2D eigenvalue weighted by Crippen LogP contribution is 2.47. The topological polar surface area (TPSA) is 23.8 Å². The van der Waals surface area contributed by atoms with Gasteiger partial charge in [-0.2, -0.15) is 5.26 Å². The Balaban J connectivity index is 2.59. The molecule has 86 valence electrons. The maximum absolute atomic E-state index is 9.42. The zero-order valence-corrected chi connectivity index (χ0v) is 10.6. The zero-order chi connectivity index (χ0) is 11.3. The third kappa shape index (κ3) is 2.97. The van der Waals surface area contributed by atoms with Crippen molar-refractivity contribution in [2.24, 2.45) is 17.3 Å². The summed E-state index contributed by atoms with van der Waals surface area (Å²) in [5.41, 5.74) is 0.0391. The molecule has 0 aromatic carbocycles. The number of nitrogens with zero attached hydrogens (tertiary/aromatic N) is 1. The van der Waals surface area contributed by atoms with Crippen molar-refractivity contribution in [3.63, 3.8) is 0 Å². The van der Waals surface area contributed by atoms with Crippen LogP contribution in [0.4, 0.5) is 0 Å². The summed E-state index contributed by atoms with van der Waals surface area (Å²) in [5.74, 6) is 1.58. The molecular formula is C14H25N. The van der Waals surface area contributed by atoms with Crippen molar-refractivity contribution in [1.29, 1.82) is 5.26 Å². The summed E-state index contributed by atoms with van der Waals surface area (Å²) < 4.78 is 0. The van der Waals surface area contributed by atoms with Crippen molar-refractivity contribution < 1.29 is 0 Å². The minimum atomic E-state index is 0.0391. The molecule has 0 bridgehead atoms. The molecule has 1 aliphatic carbocycles. The molecule has 1 aliphatic rings. The van der Waals surface area contributed by atoms with E-state index < -0.39 is 0 Å². The van der Waals surface area contributed by atoms with E-state index in [2.05, 4.69) is 26.8 Å². The average Bonchev–Trinajstić information content (AvgIpc) is 2.70. The molecule has 0 saturated heterocycles. The van der Waals surface area contributed by atoms with Gasteiger partial charge in [0.1, 0.15) is 0 Å². The van der Waals surface area contributed by atoms with E-state index in [1.54, 1.807) is 0 Å². The molecule has 0 amide bonds. The highest BCUT2D eigenvalue weighted by atomic mass is 14.5. The highest BCUT2D eigenvalue weighted by Gasteiger charge is 2.39. The Hall–Kier alpha value is -0.510. The van der Waals surface area contributed by atoms with Crippen LogP contribution in [-0.4, -0.2) is 0 Å². The molecule has 15 heavy (non-hydrogen) atoms. The molecule has 0 radical (unpaired) electrons. The van der Waals surface area contributed by atoms with E-state index in [0.717, 1.165) is 31.1 Å². The maximum atomic E-state index is 9.42. The van der Waals surface area contributed by atoms with Crippen LogP contribution in [0.3, 0.4) is 0 Å². The normalized spacial score (nSPS) is 30.7. The number of nitriles is 1. The molecule has 0 N–H and O–H groups in total. The molecule has 1 heteroatoms. The molecule has 0 aliphatic heterocycles. The molecule has 0 spiro atoms. The Bertz CT molecular complexity index is 224. The van der Waals surface area contributed by atoms with E-state index in [0.29, 0.717) is 0 Å². The van der Waals surface area contributed by atoms with Crippen molar-refractivity contribution in [2.75, 3.05) is 0 Å². The molecule has 1 nitrogen and oxygen atoms in total. The highest BCUT2D eigenvalue weighted by molar-refractivity contribution is 5.04. The standard InChI is InChI=1S/C14H25N/c1-4-12(5-2)9-14(11-15)8-7-13(6-3)10-14/h12-13H,4-10H2,1-3H3. The summed E-state index contributed by atoms with van der Waals surface area (Å²) in [6, 6.07) is 2.64. The van der Waals surface area contributed by atoms with E-state index in [9.17, 15) is 5.26 Å². The first-order chi connectivity index (χ1) is 7.19. The summed E-state index contributed by atoms with van der Waals surface area (Å²) in [4.78, 5) is 0. The molecule has 0 aromatic heterocycles. The lowest BCUT2D eigenvalue weighted by Gasteiger charge is -2.25. The Morgan fingerprint density at radius 2 is 2.00 bits per heavy atom. The first-order valence-electron chi connectivity index (χ1n) is 6.61. The predicted molar refractivity (Wildman–Crippen MR) is 64.4 cm³/mol. The van der Waals surface area contributed by atoms with E-state index >= 15 is 0 Å². The fourth-order valence-electron chi connectivity index (χ4n) is 3.05. The van der Waals surface area contributed by atoms with Gasteiger partial charge in [0.15, 0.2) is 0 Å². The van der Waals surface area contributed by atoms with Gasteiger partial charge < -0.3 is 0 Å². The van der Waals surface area contributed by atoms with Gasteiger partial charge in [0.2, 0.25) is 0 Å². The van der Waals surface area contributed by atoms with Crippen molar-refractivity contribution in [1.82, 2.24) is 0 Å². The molecular weight excluding hydrogens is 182 g/mol. The molecule has 1 saturated carbocycles. The zero-order valence-electron chi connectivity index (χ0n) is 10.6. The number of rotatable bonds is 5. The van der Waals surface area contributed by atoms with Crippen molar-refractivity contribution >= 4 is 0 Å². The Kier molecular flexibility index (Phi) is 4.64. The molecule has 0 heterocycles. The van der Waals surface area contributed by atoms with Gasteiger partial charge in [-0.25, -0.2) is 0 Å². The van der Waals surface area contributed by atoms with Crippen molar-refractivity contribution in [2.45, 2.75) is 65.7 Å². The van der Waals surface area contributed by atoms with Crippen molar-refractivity contribution in [3.05, 3.63) is 0 Å². The van der Waals surface area contributed by atoms with Gasteiger partial charge in [-0.3, -0.25) is 0 Å². The lowest BCUT2D eigenvalue weighted by molar-refractivity contribution is 0.274. The van der Waals surface area contributed by atoms with Gasteiger partial charge in [0.25, 0.3) is 0 Å². The molecule has 1 rings (SSSR count). The smallest absolute Gasteiger partial charge is 0.0689 e. The molecule has 0 aromatic rings. The fraction of sp³-hybridized carbons (Fsp3) is 0.929. The first-order valence-corrected chi connectivity index (χ1v) is 6.61. The molecule has 2 unspecified atom stereocenters. The molecule has 2 atom stereocenters. The summed E-state index contributed by atoms with van der Waals surface area (Å²) in [5, 5.41) is 9.42. The summed E-state index contributed by atoms with van der Waals surface area (Å²) in [7, 11) is 0. The Labute approximate surface area is 94.9 Å². The second kappa shape index (κ2) is 5.54. The number of hydrogen-bond acceptors (Lipinski definition) is 1. The van der Waals surface area contributed by atoms with E-state index in [1.165, 1.54) is 25.7 Å². The van der Waals surface area contributed by atoms with Gasteiger partial charge in [-0.15, -0.1) is 0 Å². The summed E-state index contributed by atoms with van der Waals surface area (Å²) in [6.45, 7) is 6.77. The minimum Gasteiger partial charge on any atom is -0.198 e. The van der Waals surface area contributed by atoms with Crippen LogP contribution >= 0.6 is 0 Å². The van der Waals surface area contributed by atoms with Crippen LogP contribution < -0.4 is 0 Å². The van der Waals surface area contributed by atoms with Gasteiger partial charge >= 0.3 is 0 Å². The van der Waals surface area contributed by atoms with E-state index in [1.807, 2.05) is 0 Å². The fourth-order valence-corrected chi connectivity index (χ4v) is 3.05. The van der Waals surface area contributed by atoms with Crippen LogP contribution in [-0.2, 0) is 0 Å². The van der Waals surface area contributed by atoms with Crippen LogP contribution in [0.15, 0.2) is 0 Å². The van der Waals surface area contributed by atoms with E-state index in [-0.39, 0.29) is 5.41 Å². The lowest BCUT2D eigenvalue weighted by Crippen LogP contribution is -2.19. The first kappa shape index (κ1) is 12.6. The third-order valence-electron chi connectivity index (χ3n) is 4.36. The third-order valence-corrected chi connectivity index (χ3v) is 4.36. The second-order valence-electron chi connectivity index (χ2n) is 5.30. The van der Waals surface area contributed by atoms with Gasteiger partial charge in [0, 0.05) is 0 Å². The minimum absolute atomic E-state index is 0.0391. The van der Waals surface area contributed by atoms with Crippen LogP contribution in [0, 0.1) is 28.6 Å². The SMILES string of the molecule is CCC(CC)CC1(C#N)CCC(CC)C1. The lowest BCUT2D eigenvalue weighted by atomic mass is 9.76. The van der Waals surface area contributed by atoms with Gasteiger partial charge in [-0.1, -0.05) is 40.0 Å². The monoisotopic (exact) mass is 207 g/mol. The van der Waals surface area contributed by atoms with Crippen LogP contribution in [0.2, 0.25) is 0 Å². The van der Waals surface area contributed by atoms with Crippen LogP contribution in [0.5, 0.6) is 0 Å². The van der Waals surface area contributed by atoms with Crippen molar-refractivity contribution in [3.8, 4) is 6.07 Å². The Morgan fingerprint density at radius 3 is 2.40 bits per heavy atom. The molecule has 1 fully saturated rings. The van der Waals surface area contributed by atoms with Gasteiger partial charge in [-0.05, 0) is 37.5 Å². The summed E-state index contributed by atoms with van der Waals surface area (Å²) >= 11 is 0. The Morgan fingerprint density at radius 1 is 1.33 bits per heavy atom. The predicted octanol–water partition coefficient (Wildman–Crippen LogP) is 4.53.